The number of hydrogen-bond donors (Lipinski definition) is 2. The Morgan fingerprint density at radius 1 is 0.944 bits per heavy atom. The van der Waals surface area contributed by atoms with E-state index in [1.165, 1.54) is 0 Å². The number of amides is 1. The zero-order valence-electron chi connectivity index (χ0n) is 19.2. The Morgan fingerprint density at radius 3 is 2.47 bits per heavy atom. The molecule has 0 radical (unpaired) electrons. The number of ketones is 1. The standard InChI is InChI=1S/C27H22F2N2O4S/c28-17-4-5-24(23(29)11-17)36(34,35)31-18-12-19(16-3-2-15-6-9-30-26(33)20(15)10-16)21-14-25(32)27(7-1-8-27)22(21)13-18/h2-5,10-13,31H,1,6-9,14H2,(H,30,33). The third kappa shape index (κ3) is 3.44. The summed E-state index contributed by atoms with van der Waals surface area (Å²) in [7, 11) is -4.38. The number of carbonyl (C=O) groups excluding carboxylic acids is 2. The van der Waals surface area contributed by atoms with Crippen LogP contribution >= 0.6 is 0 Å². The van der Waals surface area contributed by atoms with Crippen LogP contribution in [0.25, 0.3) is 11.1 Å². The molecule has 1 heterocycles. The maximum atomic E-state index is 14.3. The summed E-state index contributed by atoms with van der Waals surface area (Å²) in [6, 6.07) is 11.1. The van der Waals surface area contributed by atoms with Crippen molar-refractivity contribution in [1.82, 2.24) is 5.32 Å². The third-order valence-corrected chi connectivity index (χ3v) is 9.04. The number of nitrogens with one attached hydrogen (secondary N) is 2. The number of anilines is 1. The van der Waals surface area contributed by atoms with Gasteiger partial charge in [0.1, 0.15) is 22.3 Å². The van der Waals surface area contributed by atoms with Gasteiger partial charge in [0.25, 0.3) is 15.9 Å². The topological polar surface area (TPSA) is 92.3 Å². The molecule has 3 aromatic carbocycles. The molecule has 6 rings (SSSR count). The van der Waals surface area contributed by atoms with Gasteiger partial charge in [0.15, 0.2) is 0 Å². The van der Waals surface area contributed by atoms with Gasteiger partial charge in [-0.05, 0) is 77.4 Å². The van der Waals surface area contributed by atoms with E-state index in [1.807, 2.05) is 12.1 Å². The second-order valence-corrected chi connectivity index (χ2v) is 11.3. The van der Waals surface area contributed by atoms with E-state index >= 15 is 0 Å². The van der Waals surface area contributed by atoms with Gasteiger partial charge in [-0.25, -0.2) is 17.2 Å². The fraction of sp³-hybridized carbons (Fsp3) is 0.259. The number of fused-ring (bicyclic) bond motifs is 3. The zero-order chi connectivity index (χ0) is 25.2. The van der Waals surface area contributed by atoms with Crippen LogP contribution in [0.4, 0.5) is 14.5 Å². The maximum absolute atomic E-state index is 14.3. The lowest BCUT2D eigenvalue weighted by molar-refractivity contribution is -0.125. The van der Waals surface area contributed by atoms with Crippen molar-refractivity contribution in [3.8, 4) is 11.1 Å². The summed E-state index contributed by atoms with van der Waals surface area (Å²) >= 11 is 0. The van der Waals surface area contributed by atoms with Crippen molar-refractivity contribution in [2.75, 3.05) is 11.3 Å². The smallest absolute Gasteiger partial charge is 0.264 e. The normalized spacial score (nSPS) is 17.8. The summed E-state index contributed by atoms with van der Waals surface area (Å²) in [4.78, 5) is 24.9. The molecule has 9 heteroatoms. The molecule has 1 spiro atoms. The Balaban J connectivity index is 1.50. The Kier molecular flexibility index (Phi) is 5.05. The molecule has 2 aliphatic carbocycles. The molecule has 1 aliphatic heterocycles. The number of Topliss-reactive ketones (excluding diaryl/α,β-unsaturated/α-hetero) is 1. The lowest BCUT2D eigenvalue weighted by Crippen LogP contribution is -2.39. The van der Waals surface area contributed by atoms with Gasteiger partial charge in [0.2, 0.25) is 0 Å². The molecular weight excluding hydrogens is 486 g/mol. The van der Waals surface area contributed by atoms with Crippen LogP contribution in [0.15, 0.2) is 53.4 Å². The summed E-state index contributed by atoms with van der Waals surface area (Å²) in [5.41, 5.74) is 3.96. The van der Waals surface area contributed by atoms with E-state index in [0.717, 1.165) is 35.2 Å². The average Bonchev–Trinajstić information content (AvgIpc) is 3.10. The molecule has 3 aliphatic rings. The summed E-state index contributed by atoms with van der Waals surface area (Å²) in [5, 5.41) is 2.83. The number of carbonyl (C=O) groups is 2. The van der Waals surface area contributed by atoms with Gasteiger partial charge >= 0.3 is 0 Å². The van der Waals surface area contributed by atoms with Gasteiger partial charge in [-0.3, -0.25) is 14.3 Å². The molecule has 36 heavy (non-hydrogen) atoms. The molecule has 3 aromatic rings. The third-order valence-electron chi connectivity index (χ3n) is 7.62. The average molecular weight is 509 g/mol. The molecule has 184 valence electrons. The fourth-order valence-electron chi connectivity index (χ4n) is 5.65. The van der Waals surface area contributed by atoms with Crippen LogP contribution in [-0.4, -0.2) is 26.7 Å². The highest BCUT2D eigenvalue weighted by Crippen LogP contribution is 2.53. The van der Waals surface area contributed by atoms with Crippen molar-refractivity contribution in [2.24, 2.45) is 0 Å². The van der Waals surface area contributed by atoms with Crippen LogP contribution in [0.2, 0.25) is 0 Å². The minimum absolute atomic E-state index is 0.102. The lowest BCUT2D eigenvalue weighted by Gasteiger charge is -2.38. The highest BCUT2D eigenvalue weighted by Gasteiger charge is 2.51. The van der Waals surface area contributed by atoms with E-state index in [9.17, 15) is 26.8 Å². The highest BCUT2D eigenvalue weighted by atomic mass is 32.2. The van der Waals surface area contributed by atoms with Crippen LogP contribution in [0.5, 0.6) is 0 Å². The van der Waals surface area contributed by atoms with Crippen LogP contribution in [0, 0.1) is 11.6 Å². The Hall–Kier alpha value is -3.59. The second kappa shape index (κ2) is 7.96. The molecular formula is C27H22F2N2O4S. The molecule has 1 saturated carbocycles. The zero-order valence-corrected chi connectivity index (χ0v) is 20.0. The van der Waals surface area contributed by atoms with Crippen molar-refractivity contribution < 1.29 is 26.8 Å². The first-order valence-corrected chi connectivity index (χ1v) is 13.3. The fourth-order valence-corrected chi connectivity index (χ4v) is 6.75. The molecule has 0 unspecified atom stereocenters. The minimum atomic E-state index is -4.38. The van der Waals surface area contributed by atoms with Crippen molar-refractivity contribution in [3.05, 3.63) is 82.4 Å². The largest absolute Gasteiger partial charge is 0.352 e. The van der Waals surface area contributed by atoms with E-state index in [4.69, 9.17) is 0 Å². The quantitative estimate of drug-likeness (QED) is 0.551. The summed E-state index contributed by atoms with van der Waals surface area (Å²) in [6.45, 7) is 0.564. The molecule has 0 bridgehead atoms. The summed E-state index contributed by atoms with van der Waals surface area (Å²) in [5.74, 6) is -2.15. The van der Waals surface area contributed by atoms with Crippen molar-refractivity contribution >= 4 is 27.4 Å². The first-order chi connectivity index (χ1) is 17.2. The monoisotopic (exact) mass is 508 g/mol. The van der Waals surface area contributed by atoms with Gasteiger partial charge in [-0.2, -0.15) is 0 Å². The summed E-state index contributed by atoms with van der Waals surface area (Å²) in [6.07, 6.45) is 3.22. The second-order valence-electron chi connectivity index (χ2n) is 9.64. The van der Waals surface area contributed by atoms with E-state index in [-0.39, 0.29) is 23.8 Å². The van der Waals surface area contributed by atoms with E-state index < -0.39 is 32.0 Å². The first-order valence-electron chi connectivity index (χ1n) is 11.8. The number of hydrogen-bond acceptors (Lipinski definition) is 4. The van der Waals surface area contributed by atoms with Crippen LogP contribution in [-0.2, 0) is 33.1 Å². The van der Waals surface area contributed by atoms with Crippen LogP contribution in [0.1, 0.15) is 46.3 Å². The number of benzene rings is 3. The van der Waals surface area contributed by atoms with Crippen LogP contribution in [0.3, 0.4) is 0 Å². The van der Waals surface area contributed by atoms with E-state index in [2.05, 4.69) is 10.0 Å². The first kappa shape index (κ1) is 22.8. The van der Waals surface area contributed by atoms with E-state index in [1.54, 1.807) is 18.2 Å². The van der Waals surface area contributed by atoms with Gasteiger partial charge in [-0.15, -0.1) is 0 Å². The van der Waals surface area contributed by atoms with Gasteiger partial charge in [0.05, 0.1) is 5.41 Å². The number of halogens is 2. The highest BCUT2D eigenvalue weighted by molar-refractivity contribution is 7.92. The van der Waals surface area contributed by atoms with Gasteiger partial charge < -0.3 is 5.32 Å². The molecule has 0 atom stereocenters. The number of sulfonamides is 1. The van der Waals surface area contributed by atoms with Crippen molar-refractivity contribution in [3.63, 3.8) is 0 Å². The Morgan fingerprint density at radius 2 is 1.75 bits per heavy atom. The van der Waals surface area contributed by atoms with Gasteiger partial charge in [0, 0.05) is 30.3 Å². The van der Waals surface area contributed by atoms with Gasteiger partial charge in [-0.1, -0.05) is 18.6 Å². The van der Waals surface area contributed by atoms with E-state index in [0.29, 0.717) is 48.6 Å². The predicted molar refractivity (Wildman–Crippen MR) is 129 cm³/mol. The molecule has 0 saturated heterocycles. The molecule has 2 N–H and O–H groups in total. The molecule has 6 nitrogen and oxygen atoms in total. The Bertz CT molecular complexity index is 1580. The molecule has 1 amide bonds. The minimum Gasteiger partial charge on any atom is -0.352 e. The number of rotatable bonds is 4. The van der Waals surface area contributed by atoms with Crippen molar-refractivity contribution in [2.45, 2.75) is 42.4 Å². The summed E-state index contributed by atoms with van der Waals surface area (Å²) < 4.78 is 56.1. The lowest BCUT2D eigenvalue weighted by atomic mass is 9.64. The predicted octanol–water partition coefficient (Wildman–Crippen LogP) is 4.27. The Labute approximate surface area is 206 Å². The SMILES string of the molecule is O=C1NCCc2ccc(-c3cc(NS(=O)(=O)c4ccc(F)cc4F)cc4c3CC(=O)C43CCC3)cc21. The maximum Gasteiger partial charge on any atom is 0.264 e. The molecule has 0 aromatic heterocycles. The molecule has 1 fully saturated rings. The van der Waals surface area contributed by atoms with Crippen LogP contribution < -0.4 is 10.0 Å². The van der Waals surface area contributed by atoms with Crippen molar-refractivity contribution in [1.29, 1.82) is 0 Å².